The van der Waals surface area contributed by atoms with Crippen LogP contribution in [-0.4, -0.2) is 137 Å². The van der Waals surface area contributed by atoms with Gasteiger partial charge in [-0.3, -0.25) is 43.4 Å². The van der Waals surface area contributed by atoms with Gasteiger partial charge in [0.05, 0.1) is 43.4 Å². The number of nitrogens with one attached hydrogen (secondary N) is 5. The molecule has 1 aliphatic heterocycles. The van der Waals surface area contributed by atoms with Crippen LogP contribution in [0.1, 0.15) is 112 Å². The van der Waals surface area contributed by atoms with Gasteiger partial charge in [0, 0.05) is 70.3 Å². The lowest BCUT2D eigenvalue weighted by atomic mass is 9.95. The second-order valence-corrected chi connectivity index (χ2v) is 15.8. The molecule has 1 rings (SSSR count). The summed E-state index contributed by atoms with van der Waals surface area (Å²) in [5.74, 6) is -4.72. The maximum absolute atomic E-state index is 13.6. The topological polar surface area (TPSA) is 279 Å². The van der Waals surface area contributed by atoms with Gasteiger partial charge in [-0.25, -0.2) is 0 Å². The van der Waals surface area contributed by atoms with Gasteiger partial charge in [-0.15, -0.1) is 5.53 Å². The first kappa shape index (κ1) is 52.6. The van der Waals surface area contributed by atoms with Crippen molar-refractivity contribution in [3.8, 4) is 0 Å². The lowest BCUT2D eigenvalue weighted by Gasteiger charge is -2.25. The largest absolute Gasteiger partial charge is 0.396 e. The molecular weight excluding hydrogens is 765 g/mol. The highest BCUT2D eigenvalue weighted by molar-refractivity contribution is 5.95. The summed E-state index contributed by atoms with van der Waals surface area (Å²) in [6.07, 6.45) is 3.46. The number of carbonyl (C=O) groups excluding carboxylic acids is 8. The van der Waals surface area contributed by atoms with Crippen molar-refractivity contribution in [2.45, 2.75) is 130 Å². The minimum Gasteiger partial charge on any atom is -0.396 e. The van der Waals surface area contributed by atoms with E-state index in [4.69, 9.17) is 11.5 Å². The fourth-order valence-corrected chi connectivity index (χ4v) is 6.39. The third-order valence-corrected chi connectivity index (χ3v) is 9.79. The molecule has 10 N–H and O–H groups in total. The van der Waals surface area contributed by atoms with Gasteiger partial charge in [0.15, 0.2) is 11.6 Å². The van der Waals surface area contributed by atoms with Crippen LogP contribution >= 0.6 is 0 Å². The van der Waals surface area contributed by atoms with Crippen molar-refractivity contribution < 1.29 is 43.5 Å². The molecule has 0 saturated carbocycles. The Kier molecular flexibility index (Phi) is 25.7. The molecule has 0 aliphatic carbocycles. The first-order valence-electron chi connectivity index (χ1n) is 20.9. The van der Waals surface area contributed by atoms with Gasteiger partial charge in [-0.2, -0.15) is 0 Å². The molecule has 336 valence electrons. The van der Waals surface area contributed by atoms with E-state index in [9.17, 15) is 43.5 Å². The number of Topliss-reactive ketones (excluding diaryl/α,β-unsaturated/α-hetero) is 3. The van der Waals surface area contributed by atoms with Crippen LogP contribution in [0.2, 0.25) is 0 Å². The number of primary amides is 1. The normalized spacial score (nSPS) is 14.0. The van der Waals surface area contributed by atoms with Crippen molar-refractivity contribution in [2.24, 2.45) is 23.3 Å². The summed E-state index contributed by atoms with van der Waals surface area (Å²) in [7, 11) is 0. The van der Waals surface area contributed by atoms with E-state index in [1.165, 1.54) is 11.8 Å². The molecule has 0 aromatic carbocycles. The maximum atomic E-state index is 13.6. The zero-order chi connectivity index (χ0) is 44.5. The molecule has 3 atom stereocenters. The number of nitrogens with two attached hydrogens (primary N) is 2. The highest BCUT2D eigenvalue weighted by Gasteiger charge is 2.28. The van der Waals surface area contributed by atoms with Gasteiger partial charge in [0.25, 0.3) is 0 Å². The average Bonchev–Trinajstić information content (AvgIpc) is 3.62. The van der Waals surface area contributed by atoms with Crippen LogP contribution in [0, 0.1) is 11.8 Å². The van der Waals surface area contributed by atoms with Crippen molar-refractivity contribution in [3.05, 3.63) is 11.9 Å². The Balaban J connectivity index is 2.84. The lowest BCUT2D eigenvalue weighted by Crippen LogP contribution is -2.45. The monoisotopic (exact) mass is 837 g/mol. The molecule has 19 nitrogen and oxygen atoms in total. The highest BCUT2D eigenvalue weighted by Crippen LogP contribution is 2.13. The number of carbonyl (C=O) groups is 8. The smallest absolute Gasteiger partial charge is 0.237 e. The summed E-state index contributed by atoms with van der Waals surface area (Å²) in [4.78, 5) is 105. The Hall–Kier alpha value is -4.46. The molecule has 0 fully saturated rings. The van der Waals surface area contributed by atoms with E-state index in [0.29, 0.717) is 37.7 Å². The number of nitrogens with zero attached hydrogens (tertiary/aromatic N) is 3. The quantitative estimate of drug-likeness (QED) is 0.0388. The number of unbranched alkanes of at least 4 members (excludes halogenated alkanes) is 1. The minimum atomic E-state index is -1.17. The van der Waals surface area contributed by atoms with Crippen molar-refractivity contribution in [2.75, 3.05) is 52.4 Å². The first-order valence-corrected chi connectivity index (χ1v) is 20.9. The molecule has 0 aromatic heterocycles. The zero-order valence-corrected chi connectivity index (χ0v) is 36.1. The van der Waals surface area contributed by atoms with Crippen molar-refractivity contribution in [1.29, 1.82) is 0 Å². The van der Waals surface area contributed by atoms with E-state index in [1.807, 2.05) is 13.8 Å². The summed E-state index contributed by atoms with van der Waals surface area (Å²) in [6.45, 7) is 13.2. The Labute approximate surface area is 349 Å². The van der Waals surface area contributed by atoms with Crippen molar-refractivity contribution >= 4 is 46.9 Å². The van der Waals surface area contributed by atoms with E-state index in [0.717, 1.165) is 25.9 Å². The van der Waals surface area contributed by atoms with Gasteiger partial charge in [0.2, 0.25) is 29.5 Å². The maximum Gasteiger partial charge on any atom is 0.237 e. The average molecular weight is 837 g/mol. The molecule has 1 unspecified atom stereocenters. The molecule has 59 heavy (non-hydrogen) atoms. The van der Waals surface area contributed by atoms with Gasteiger partial charge in [0.1, 0.15) is 5.78 Å². The Morgan fingerprint density at radius 1 is 0.864 bits per heavy atom. The van der Waals surface area contributed by atoms with Crippen LogP contribution in [0.5, 0.6) is 0 Å². The second kappa shape index (κ2) is 28.9. The molecule has 0 spiro atoms. The number of amides is 5. The summed E-state index contributed by atoms with van der Waals surface area (Å²) in [5, 5.41) is 19.7. The molecule has 0 saturated heterocycles. The molecule has 0 radical (unpaired) electrons. The van der Waals surface area contributed by atoms with Gasteiger partial charge < -0.3 is 47.7 Å². The van der Waals surface area contributed by atoms with E-state index < -0.39 is 66.3 Å². The van der Waals surface area contributed by atoms with Crippen LogP contribution in [0.3, 0.4) is 0 Å². The van der Waals surface area contributed by atoms with Crippen LogP contribution in [0.15, 0.2) is 11.9 Å². The third-order valence-electron chi connectivity index (χ3n) is 9.79. The minimum absolute atomic E-state index is 0.0312. The van der Waals surface area contributed by atoms with E-state index in [-0.39, 0.29) is 75.6 Å². The standard InChI is InChI=1S/C40H72N10O9/c1-7-48(28(4)5)19-9-8-11-33(45-38(57)15-13-34(53)29(6)44-37(56)14-12-32(52)21-27(2)3)35(54)22-30(26-51)40(59)43-18-16-39(58)49(25-36(42)55)23-31-24-50(47-46-31)20-10-17-41/h24,27-30,33,46-47,51H,7-23,25-26,41H2,1-6H3,(H2,42,55)(H,43,59)(H,44,56)(H,45,57)/t29-,30?,33-/m0/s1. The Bertz CT molecular complexity index is 1420. The molecule has 0 aromatic rings. The van der Waals surface area contributed by atoms with Crippen molar-refractivity contribution in [1.82, 2.24) is 41.7 Å². The van der Waals surface area contributed by atoms with E-state index in [1.54, 1.807) is 11.2 Å². The lowest BCUT2D eigenvalue weighted by molar-refractivity contribution is -0.135. The number of hydrazine groups is 2. The fraction of sp³-hybridized carbons (Fsp3) is 0.750. The fourth-order valence-electron chi connectivity index (χ4n) is 6.39. The SMILES string of the molecule is CCN(CCCC[C@H](NC(=O)CCC(=O)[C@H](C)NC(=O)CCC(=O)CC(C)C)C(=O)CC(CO)C(=O)NCCC(=O)N(CC(N)=O)CC1=CN(CCCN)NN1)C(C)C. The number of hydrogen-bond acceptors (Lipinski definition) is 14. The first-order chi connectivity index (χ1) is 27.9. The molecule has 5 amide bonds. The Morgan fingerprint density at radius 3 is 2.15 bits per heavy atom. The van der Waals surface area contributed by atoms with Gasteiger partial charge in [-0.05, 0) is 72.0 Å². The molecule has 19 heteroatoms. The third kappa shape index (κ3) is 22.5. The number of aliphatic hydroxyl groups is 1. The highest BCUT2D eigenvalue weighted by atomic mass is 16.3. The second-order valence-electron chi connectivity index (χ2n) is 15.8. The molecule has 1 aliphatic rings. The van der Waals surface area contributed by atoms with E-state index in [2.05, 4.69) is 52.6 Å². The number of rotatable bonds is 33. The van der Waals surface area contributed by atoms with Crippen LogP contribution in [-0.2, 0) is 38.4 Å². The zero-order valence-electron chi connectivity index (χ0n) is 36.1. The summed E-state index contributed by atoms with van der Waals surface area (Å²) >= 11 is 0. The predicted octanol–water partition coefficient (Wildman–Crippen LogP) is -0.476. The summed E-state index contributed by atoms with van der Waals surface area (Å²) in [6, 6.07) is -1.54. The summed E-state index contributed by atoms with van der Waals surface area (Å²) in [5.41, 5.74) is 17.4. The number of aliphatic hydroxyl groups excluding tert-OH is 1. The van der Waals surface area contributed by atoms with Crippen LogP contribution in [0.25, 0.3) is 0 Å². The van der Waals surface area contributed by atoms with E-state index >= 15 is 0 Å². The molecular formula is C40H72N10O9. The molecule has 0 bridgehead atoms. The van der Waals surface area contributed by atoms with Gasteiger partial charge in [-0.1, -0.05) is 20.8 Å². The van der Waals surface area contributed by atoms with Crippen LogP contribution in [0.4, 0.5) is 0 Å². The number of ketones is 3. The van der Waals surface area contributed by atoms with Crippen LogP contribution < -0.4 is 38.4 Å². The Morgan fingerprint density at radius 2 is 1.54 bits per heavy atom. The molecule has 1 heterocycles. The summed E-state index contributed by atoms with van der Waals surface area (Å²) < 4.78 is 0. The predicted molar refractivity (Wildman–Crippen MR) is 222 cm³/mol. The van der Waals surface area contributed by atoms with Crippen molar-refractivity contribution in [3.63, 3.8) is 0 Å². The number of hydrogen-bond donors (Lipinski definition) is 8. The van der Waals surface area contributed by atoms with Gasteiger partial charge >= 0.3 is 0 Å².